The van der Waals surface area contributed by atoms with Crippen LogP contribution >= 0.6 is 0 Å². The highest BCUT2D eigenvalue weighted by Gasteiger charge is 2.33. The van der Waals surface area contributed by atoms with Crippen LogP contribution in [0, 0.1) is 11.8 Å². The number of amides is 1. The molecule has 17 heavy (non-hydrogen) atoms. The molecule has 1 saturated carbocycles. The maximum Gasteiger partial charge on any atom is 0.227 e. The molecular formula is C14H26N2O. The van der Waals surface area contributed by atoms with Crippen LogP contribution in [0.2, 0.25) is 0 Å². The molecule has 1 heterocycles. The molecule has 2 atom stereocenters. The van der Waals surface area contributed by atoms with Gasteiger partial charge < -0.3 is 10.2 Å². The second-order valence-corrected chi connectivity index (χ2v) is 5.84. The van der Waals surface area contributed by atoms with Crippen LogP contribution in [0.4, 0.5) is 0 Å². The van der Waals surface area contributed by atoms with Crippen molar-refractivity contribution in [2.75, 3.05) is 20.1 Å². The smallest absolute Gasteiger partial charge is 0.227 e. The van der Waals surface area contributed by atoms with E-state index in [9.17, 15) is 4.79 Å². The standard InChI is InChI=1S/C14H26N2O/c1-11-9-15-10-13(11)14(17)16(2)12-7-5-3-4-6-8-12/h11-13,15H,3-10H2,1-2H3/t11-,13-/m1/s1. The predicted molar refractivity (Wildman–Crippen MR) is 69.8 cm³/mol. The van der Waals surface area contributed by atoms with E-state index < -0.39 is 0 Å². The molecule has 3 nitrogen and oxygen atoms in total. The molecule has 0 unspecified atom stereocenters. The van der Waals surface area contributed by atoms with Gasteiger partial charge >= 0.3 is 0 Å². The fourth-order valence-corrected chi connectivity index (χ4v) is 3.23. The lowest BCUT2D eigenvalue weighted by molar-refractivity contribution is -0.137. The van der Waals surface area contributed by atoms with E-state index >= 15 is 0 Å². The van der Waals surface area contributed by atoms with E-state index in [0.717, 1.165) is 13.1 Å². The van der Waals surface area contributed by atoms with E-state index in [1.165, 1.54) is 38.5 Å². The fourth-order valence-electron chi connectivity index (χ4n) is 3.23. The van der Waals surface area contributed by atoms with Gasteiger partial charge in [-0.2, -0.15) is 0 Å². The molecule has 2 rings (SSSR count). The van der Waals surface area contributed by atoms with Gasteiger partial charge in [0.05, 0.1) is 5.92 Å². The Morgan fingerprint density at radius 3 is 2.29 bits per heavy atom. The quantitative estimate of drug-likeness (QED) is 0.747. The van der Waals surface area contributed by atoms with E-state index in [1.54, 1.807) is 0 Å². The monoisotopic (exact) mass is 238 g/mol. The first-order valence-electron chi connectivity index (χ1n) is 7.17. The summed E-state index contributed by atoms with van der Waals surface area (Å²) in [5, 5.41) is 3.33. The highest BCUT2D eigenvalue weighted by molar-refractivity contribution is 5.79. The largest absolute Gasteiger partial charge is 0.342 e. The number of nitrogens with zero attached hydrogens (tertiary/aromatic N) is 1. The van der Waals surface area contributed by atoms with E-state index in [4.69, 9.17) is 0 Å². The van der Waals surface area contributed by atoms with Crippen LogP contribution in [-0.4, -0.2) is 37.0 Å². The first-order chi connectivity index (χ1) is 8.20. The molecule has 2 fully saturated rings. The van der Waals surface area contributed by atoms with Crippen molar-refractivity contribution in [1.29, 1.82) is 0 Å². The zero-order valence-corrected chi connectivity index (χ0v) is 11.2. The summed E-state index contributed by atoms with van der Waals surface area (Å²) in [7, 11) is 2.02. The maximum atomic E-state index is 12.5. The van der Waals surface area contributed by atoms with Crippen LogP contribution < -0.4 is 5.32 Å². The van der Waals surface area contributed by atoms with Crippen molar-refractivity contribution in [3.8, 4) is 0 Å². The molecule has 0 aromatic carbocycles. The van der Waals surface area contributed by atoms with Gasteiger partial charge in [0.25, 0.3) is 0 Å². The van der Waals surface area contributed by atoms with E-state index in [2.05, 4.69) is 17.1 Å². The maximum absolute atomic E-state index is 12.5. The average molecular weight is 238 g/mol. The summed E-state index contributed by atoms with van der Waals surface area (Å²) in [5.41, 5.74) is 0. The first kappa shape index (κ1) is 12.9. The molecule has 1 N–H and O–H groups in total. The van der Waals surface area contributed by atoms with Crippen molar-refractivity contribution in [3.63, 3.8) is 0 Å². The minimum atomic E-state index is 0.211. The number of hydrogen-bond donors (Lipinski definition) is 1. The molecule has 98 valence electrons. The average Bonchev–Trinajstić information content (AvgIpc) is 2.60. The zero-order valence-electron chi connectivity index (χ0n) is 11.2. The van der Waals surface area contributed by atoms with Crippen LogP contribution in [-0.2, 0) is 4.79 Å². The van der Waals surface area contributed by atoms with Gasteiger partial charge in [0.15, 0.2) is 0 Å². The van der Waals surface area contributed by atoms with Crippen molar-refractivity contribution in [1.82, 2.24) is 10.2 Å². The molecule has 0 radical (unpaired) electrons. The molecule has 0 bridgehead atoms. The highest BCUT2D eigenvalue weighted by atomic mass is 16.2. The normalized spacial score (nSPS) is 31.2. The summed E-state index contributed by atoms with van der Waals surface area (Å²) in [4.78, 5) is 14.5. The molecule has 0 spiro atoms. The Hall–Kier alpha value is -0.570. The summed E-state index contributed by atoms with van der Waals surface area (Å²) in [6, 6.07) is 0.498. The Morgan fingerprint density at radius 2 is 1.76 bits per heavy atom. The minimum Gasteiger partial charge on any atom is -0.342 e. The van der Waals surface area contributed by atoms with Gasteiger partial charge in [-0.05, 0) is 25.3 Å². The van der Waals surface area contributed by atoms with Crippen molar-refractivity contribution < 1.29 is 4.79 Å². The van der Waals surface area contributed by atoms with E-state index in [0.29, 0.717) is 17.9 Å². The second kappa shape index (κ2) is 5.85. The lowest BCUT2D eigenvalue weighted by Crippen LogP contribution is -2.42. The van der Waals surface area contributed by atoms with Gasteiger partial charge in [0.2, 0.25) is 5.91 Å². The molecule has 1 saturated heterocycles. The van der Waals surface area contributed by atoms with Crippen molar-refractivity contribution in [3.05, 3.63) is 0 Å². The van der Waals surface area contributed by atoms with Crippen LogP contribution in [0.1, 0.15) is 45.4 Å². The highest BCUT2D eigenvalue weighted by Crippen LogP contribution is 2.25. The summed E-state index contributed by atoms with van der Waals surface area (Å²) in [6.07, 6.45) is 7.69. The Bertz CT molecular complexity index is 259. The summed E-state index contributed by atoms with van der Waals surface area (Å²) in [5.74, 6) is 1.08. The Balaban J connectivity index is 1.93. The van der Waals surface area contributed by atoms with E-state index in [1.807, 2.05) is 7.05 Å². The Labute approximate surface area is 105 Å². The van der Waals surface area contributed by atoms with Crippen molar-refractivity contribution in [2.24, 2.45) is 11.8 Å². The third-order valence-corrected chi connectivity index (χ3v) is 4.55. The second-order valence-electron chi connectivity index (χ2n) is 5.84. The molecule has 1 aliphatic carbocycles. The van der Waals surface area contributed by atoms with Gasteiger partial charge in [-0.25, -0.2) is 0 Å². The number of nitrogens with one attached hydrogen (secondary N) is 1. The Morgan fingerprint density at radius 1 is 1.12 bits per heavy atom. The van der Waals surface area contributed by atoms with Crippen molar-refractivity contribution >= 4 is 5.91 Å². The molecular weight excluding hydrogens is 212 g/mol. The number of carbonyl (C=O) groups is 1. The summed E-state index contributed by atoms with van der Waals surface area (Å²) in [6.45, 7) is 4.05. The molecule has 2 aliphatic rings. The van der Waals surface area contributed by atoms with E-state index in [-0.39, 0.29) is 5.92 Å². The first-order valence-corrected chi connectivity index (χ1v) is 7.17. The van der Waals surface area contributed by atoms with Gasteiger partial charge in [0.1, 0.15) is 0 Å². The minimum absolute atomic E-state index is 0.211. The van der Waals surface area contributed by atoms with Crippen molar-refractivity contribution in [2.45, 2.75) is 51.5 Å². The van der Waals surface area contributed by atoms with Gasteiger partial charge in [-0.15, -0.1) is 0 Å². The zero-order chi connectivity index (χ0) is 12.3. The van der Waals surface area contributed by atoms with Gasteiger partial charge in [-0.1, -0.05) is 32.6 Å². The summed E-state index contributed by atoms with van der Waals surface area (Å²) >= 11 is 0. The lowest BCUT2D eigenvalue weighted by Gasteiger charge is -2.30. The van der Waals surface area contributed by atoms with Crippen LogP contribution in [0.3, 0.4) is 0 Å². The number of hydrogen-bond acceptors (Lipinski definition) is 2. The molecule has 0 aromatic rings. The molecule has 1 amide bonds. The fraction of sp³-hybridized carbons (Fsp3) is 0.929. The predicted octanol–water partition coefficient (Wildman–Crippen LogP) is 2.02. The third-order valence-electron chi connectivity index (χ3n) is 4.55. The topological polar surface area (TPSA) is 32.3 Å². The van der Waals surface area contributed by atoms with Crippen LogP contribution in [0.25, 0.3) is 0 Å². The molecule has 1 aliphatic heterocycles. The summed E-state index contributed by atoms with van der Waals surface area (Å²) < 4.78 is 0. The van der Waals surface area contributed by atoms with Crippen LogP contribution in [0.5, 0.6) is 0 Å². The van der Waals surface area contributed by atoms with Gasteiger partial charge in [-0.3, -0.25) is 4.79 Å². The number of rotatable bonds is 2. The van der Waals surface area contributed by atoms with Gasteiger partial charge in [0, 0.05) is 19.6 Å². The molecule has 3 heteroatoms. The third kappa shape index (κ3) is 3.01. The SMILES string of the molecule is C[C@@H]1CNC[C@H]1C(=O)N(C)C1CCCCCC1. The Kier molecular flexibility index (Phi) is 4.43. The lowest BCUT2D eigenvalue weighted by atomic mass is 9.95. The number of carbonyl (C=O) groups excluding carboxylic acids is 1. The molecule has 0 aromatic heterocycles. The van der Waals surface area contributed by atoms with Crippen LogP contribution in [0.15, 0.2) is 0 Å².